The summed E-state index contributed by atoms with van der Waals surface area (Å²) in [4.78, 5) is 2.64. The molecule has 0 saturated heterocycles. The van der Waals surface area contributed by atoms with Crippen LogP contribution in [-0.4, -0.2) is 10.1 Å². The zero-order valence-electron chi connectivity index (χ0n) is 36.4. The van der Waals surface area contributed by atoms with E-state index >= 15 is 0 Å². The predicted octanol–water partition coefficient (Wildman–Crippen LogP) is 14.9. The number of benzene rings is 7. The molecule has 4 nitrogen and oxygen atoms in total. The number of hydrogen-bond acceptors (Lipinski definition) is 3. The van der Waals surface area contributed by atoms with Gasteiger partial charge in [-0.2, -0.15) is 0 Å². The third-order valence-corrected chi connectivity index (χ3v) is 16.1. The van der Waals surface area contributed by atoms with Crippen molar-refractivity contribution in [2.75, 3.05) is 4.90 Å². The van der Waals surface area contributed by atoms with Crippen LogP contribution < -0.4 is 9.64 Å². The Morgan fingerprint density at radius 3 is 2.02 bits per heavy atom. The van der Waals surface area contributed by atoms with E-state index < -0.39 is 11.0 Å². The minimum absolute atomic E-state index is 0.136. The van der Waals surface area contributed by atoms with Crippen LogP contribution in [0.4, 0.5) is 11.4 Å². The van der Waals surface area contributed by atoms with Crippen LogP contribution >= 0.6 is 0 Å². The van der Waals surface area contributed by atoms with Crippen LogP contribution in [0.3, 0.4) is 0 Å². The van der Waals surface area contributed by atoms with Gasteiger partial charge in [-0.25, -0.2) is 0 Å². The summed E-state index contributed by atoms with van der Waals surface area (Å²) in [5.74, 6) is 2.01. The highest BCUT2D eigenvalue weighted by atomic mass is 16.5. The number of para-hydroxylation sites is 4. The smallest absolute Gasteiger partial charge is 0.156 e. The second kappa shape index (κ2) is 11.5. The van der Waals surface area contributed by atoms with Gasteiger partial charge in [-0.05, 0) is 114 Å². The van der Waals surface area contributed by atoms with Gasteiger partial charge >= 0.3 is 0 Å². The highest BCUT2D eigenvalue weighted by Gasteiger charge is 2.62. The van der Waals surface area contributed by atoms with Gasteiger partial charge in [0.05, 0.1) is 27.4 Å². The third-order valence-electron chi connectivity index (χ3n) is 16.1. The molecule has 3 aliphatic carbocycles. The zero-order valence-corrected chi connectivity index (χ0v) is 36.4. The van der Waals surface area contributed by atoms with Crippen molar-refractivity contribution in [2.45, 2.75) is 63.3 Å². The number of aromatic nitrogens is 1. The predicted molar refractivity (Wildman–Crippen MR) is 258 cm³/mol. The van der Waals surface area contributed by atoms with Crippen LogP contribution in [0, 0.1) is 5.92 Å². The number of hydrogen-bond donors (Lipinski definition) is 0. The van der Waals surface area contributed by atoms with Gasteiger partial charge in [-0.3, -0.25) is 0 Å². The summed E-state index contributed by atoms with van der Waals surface area (Å²) >= 11 is 0. The van der Waals surface area contributed by atoms with E-state index in [1.807, 2.05) is 0 Å². The normalized spacial score (nSPS) is 24.6. The lowest BCUT2D eigenvalue weighted by Gasteiger charge is -2.59. The molecule has 0 amide bonds. The number of anilines is 2. The Bertz CT molecular complexity index is 3610. The van der Waals surface area contributed by atoms with Gasteiger partial charge < -0.3 is 18.6 Å². The molecule has 0 bridgehead atoms. The summed E-state index contributed by atoms with van der Waals surface area (Å²) in [6, 6.07) is 53.6. The number of rotatable bonds is 2. The number of allylic oxidation sites excluding steroid dienone is 3. The first-order chi connectivity index (χ1) is 30.5. The molecule has 7 aromatic carbocycles. The van der Waals surface area contributed by atoms with E-state index in [1.165, 1.54) is 61.1 Å². The average Bonchev–Trinajstić information content (AvgIpc) is 3.99. The zero-order chi connectivity index (χ0) is 42.4. The largest absolute Gasteiger partial charge is 0.458 e. The fraction of sp³-hybridized carbons (Fsp3) is 0.186. The molecule has 304 valence electrons. The molecule has 0 radical (unpaired) electrons. The molecular weight excluding hydrogens is 769 g/mol. The molecule has 0 fully saturated rings. The number of ether oxygens (including phenoxy) is 1. The Hall–Kier alpha value is -7.04. The van der Waals surface area contributed by atoms with Crippen molar-refractivity contribution in [3.63, 3.8) is 0 Å². The quantitative estimate of drug-likeness (QED) is 0.163. The molecule has 4 atom stereocenters. The molecule has 0 N–H and O–H groups in total. The Balaban J connectivity index is 1.08. The van der Waals surface area contributed by atoms with Crippen molar-refractivity contribution in [1.82, 2.24) is 4.57 Å². The highest BCUT2D eigenvalue weighted by Crippen LogP contribution is 2.67. The summed E-state index contributed by atoms with van der Waals surface area (Å²) in [6.45, 7) is 14.5. The van der Waals surface area contributed by atoms with Crippen molar-refractivity contribution in [3.8, 4) is 22.6 Å². The maximum Gasteiger partial charge on any atom is 0.156 e. The number of fused-ring (bicyclic) bond motifs is 15. The molecule has 4 unspecified atom stereocenters. The number of nitrogens with zero attached hydrogens (tertiary/aromatic N) is 2. The second-order valence-corrected chi connectivity index (χ2v) is 19.7. The molecule has 9 aromatic rings. The van der Waals surface area contributed by atoms with Crippen molar-refractivity contribution >= 4 is 55.1 Å². The molecule has 4 heteroatoms. The lowest BCUT2D eigenvalue weighted by Crippen LogP contribution is -2.58. The summed E-state index contributed by atoms with van der Waals surface area (Å²) in [6.07, 6.45) is 7.45. The molecule has 0 saturated carbocycles. The van der Waals surface area contributed by atoms with Gasteiger partial charge in [-0.15, -0.1) is 0 Å². The SMILES string of the molecule is CC1C=CC2(C)C3=C1C1(C)C(=CC3(C)N(c3ccc4c(c3)C(C)(C)c3ccccc3-4)c3ccccc32)Oc2c1cc1oc3ccccc3c1c2-n1c2ccccc2c2ccccc21. The average molecular weight is 815 g/mol. The molecular formula is C59H46N2O2. The van der Waals surface area contributed by atoms with E-state index in [0.717, 1.165) is 55.7 Å². The third kappa shape index (κ3) is 4.10. The summed E-state index contributed by atoms with van der Waals surface area (Å²) in [5.41, 5.74) is 16.5. The number of furan rings is 1. The van der Waals surface area contributed by atoms with Gasteiger partial charge in [0.2, 0.25) is 0 Å². The first-order valence-electron chi connectivity index (χ1n) is 22.5. The van der Waals surface area contributed by atoms with Crippen molar-refractivity contribution < 1.29 is 9.15 Å². The van der Waals surface area contributed by atoms with Gasteiger partial charge in [0.25, 0.3) is 0 Å². The van der Waals surface area contributed by atoms with Crippen molar-refractivity contribution in [2.24, 2.45) is 5.92 Å². The van der Waals surface area contributed by atoms with Crippen LogP contribution in [0.2, 0.25) is 0 Å². The maximum atomic E-state index is 7.72. The van der Waals surface area contributed by atoms with Gasteiger partial charge in [0, 0.05) is 43.9 Å². The monoisotopic (exact) mass is 814 g/mol. The Morgan fingerprint density at radius 2 is 1.24 bits per heavy atom. The van der Waals surface area contributed by atoms with Crippen molar-refractivity contribution in [3.05, 3.63) is 203 Å². The molecule has 0 spiro atoms. The topological polar surface area (TPSA) is 30.5 Å². The van der Waals surface area contributed by atoms with E-state index in [-0.39, 0.29) is 16.7 Å². The second-order valence-electron chi connectivity index (χ2n) is 19.7. The van der Waals surface area contributed by atoms with E-state index in [4.69, 9.17) is 9.15 Å². The summed E-state index contributed by atoms with van der Waals surface area (Å²) in [5, 5.41) is 4.58. The van der Waals surface area contributed by atoms with Crippen LogP contribution in [0.25, 0.3) is 60.6 Å². The fourth-order valence-corrected chi connectivity index (χ4v) is 13.3. The molecule has 5 aliphatic rings. The minimum Gasteiger partial charge on any atom is -0.458 e. The van der Waals surface area contributed by atoms with Crippen LogP contribution in [0.15, 0.2) is 185 Å². The standard InChI is InChI=1S/C59H46N2O2/c1-34-29-30-57(4)42-22-12-15-25-47(42)61(35-27-28-37-36-17-7-11-21-41(36)56(2,3)43(37)31-35)58(5)33-50-59(6,52(34)55(57)58)44-32-49-51(40-20-10-16-26-48(40)62-49)53(54(44)63-50)60-45-23-13-8-18-38(45)39-19-9-14-24-46(39)60/h7-34H,1-6H3. The summed E-state index contributed by atoms with van der Waals surface area (Å²) < 4.78 is 17.1. The van der Waals surface area contributed by atoms with Crippen LogP contribution in [0.1, 0.15) is 63.8 Å². The molecule has 63 heavy (non-hydrogen) atoms. The van der Waals surface area contributed by atoms with Gasteiger partial charge in [0.1, 0.15) is 22.6 Å². The Labute approximate surface area is 367 Å². The Kier molecular flexibility index (Phi) is 6.49. The lowest BCUT2D eigenvalue weighted by atomic mass is 9.52. The van der Waals surface area contributed by atoms with E-state index in [0.29, 0.717) is 0 Å². The van der Waals surface area contributed by atoms with Gasteiger partial charge in [0.15, 0.2) is 5.75 Å². The van der Waals surface area contributed by atoms with E-state index in [9.17, 15) is 0 Å². The summed E-state index contributed by atoms with van der Waals surface area (Å²) in [7, 11) is 0. The van der Waals surface area contributed by atoms with Crippen molar-refractivity contribution in [1.29, 1.82) is 0 Å². The lowest BCUT2D eigenvalue weighted by molar-refractivity contribution is 0.348. The highest BCUT2D eigenvalue weighted by molar-refractivity contribution is 6.16. The first-order valence-corrected chi connectivity index (χ1v) is 22.5. The van der Waals surface area contributed by atoms with E-state index in [2.05, 4.69) is 215 Å². The fourth-order valence-electron chi connectivity index (χ4n) is 13.3. The van der Waals surface area contributed by atoms with Crippen LogP contribution in [0.5, 0.6) is 5.75 Å². The molecule has 4 heterocycles. The first kappa shape index (κ1) is 35.5. The maximum absolute atomic E-state index is 7.72. The molecule has 14 rings (SSSR count). The minimum atomic E-state index is -0.587. The molecule has 2 aliphatic heterocycles. The molecule has 2 aromatic heterocycles. The van der Waals surface area contributed by atoms with E-state index in [1.54, 1.807) is 0 Å². The van der Waals surface area contributed by atoms with Crippen LogP contribution in [-0.2, 0) is 16.2 Å². The Morgan fingerprint density at radius 1 is 0.587 bits per heavy atom. The van der Waals surface area contributed by atoms with Gasteiger partial charge in [-0.1, -0.05) is 136 Å².